The minimum Gasteiger partial charge on any atom is -0.389 e. The zero-order valence-corrected chi connectivity index (χ0v) is 9.71. The highest BCUT2D eigenvalue weighted by molar-refractivity contribution is 7.80. The summed E-state index contributed by atoms with van der Waals surface area (Å²) < 4.78 is 28.2. The van der Waals surface area contributed by atoms with E-state index in [1.165, 1.54) is 6.20 Å². The monoisotopic (exact) mass is 262 g/mol. The maximum Gasteiger partial charge on any atom is 0.261 e. The number of aromatic nitrogens is 2. The molecule has 94 valence electrons. The van der Waals surface area contributed by atoms with Gasteiger partial charge in [-0.05, 0) is 6.07 Å². The Morgan fingerprint density at radius 2 is 2.35 bits per heavy atom. The van der Waals surface area contributed by atoms with Crippen molar-refractivity contribution in [2.24, 2.45) is 5.73 Å². The summed E-state index contributed by atoms with van der Waals surface area (Å²) in [4.78, 5) is 0.191. The van der Waals surface area contributed by atoms with E-state index in [4.69, 9.17) is 22.7 Å². The van der Waals surface area contributed by atoms with Crippen molar-refractivity contribution in [2.45, 2.75) is 6.43 Å². The van der Waals surface area contributed by atoms with Crippen LogP contribution < -0.4 is 11.1 Å². The van der Waals surface area contributed by atoms with E-state index in [9.17, 15) is 8.78 Å². The first kappa shape index (κ1) is 13.7. The first-order valence-corrected chi connectivity index (χ1v) is 5.23. The van der Waals surface area contributed by atoms with Gasteiger partial charge in [0, 0.05) is 6.54 Å². The van der Waals surface area contributed by atoms with Crippen molar-refractivity contribution in [2.75, 3.05) is 25.1 Å². The first-order valence-electron chi connectivity index (χ1n) is 4.82. The molecule has 1 aromatic heterocycles. The van der Waals surface area contributed by atoms with Crippen molar-refractivity contribution in [3.05, 3.63) is 17.8 Å². The fourth-order valence-corrected chi connectivity index (χ4v) is 1.24. The predicted octanol–water partition coefficient (Wildman–Crippen LogP) is 0.804. The van der Waals surface area contributed by atoms with Crippen molar-refractivity contribution in [1.82, 2.24) is 10.2 Å². The second kappa shape index (κ2) is 7.02. The van der Waals surface area contributed by atoms with E-state index in [-0.39, 0.29) is 11.6 Å². The molecule has 1 aromatic rings. The van der Waals surface area contributed by atoms with Gasteiger partial charge in [0.15, 0.2) is 5.82 Å². The number of hydrogen-bond acceptors (Lipinski definition) is 5. The van der Waals surface area contributed by atoms with Gasteiger partial charge < -0.3 is 15.8 Å². The third kappa shape index (κ3) is 4.96. The molecule has 0 spiro atoms. The van der Waals surface area contributed by atoms with E-state index in [0.717, 1.165) is 0 Å². The molecule has 0 saturated heterocycles. The molecule has 8 heteroatoms. The standard InChI is InChI=1S/C9H12F2N4OS/c10-7(11)5-16-4-3-13-9-6(8(12)17)1-2-14-15-9/h1-2,7H,3-5H2,(H2,12,17)(H,13,15). The molecule has 0 unspecified atom stereocenters. The number of rotatable bonds is 7. The summed E-state index contributed by atoms with van der Waals surface area (Å²) in [6.45, 7) is -0.122. The highest BCUT2D eigenvalue weighted by atomic mass is 32.1. The molecule has 0 radical (unpaired) electrons. The average molecular weight is 262 g/mol. The maximum atomic E-state index is 11.8. The van der Waals surface area contributed by atoms with E-state index < -0.39 is 13.0 Å². The second-order valence-electron chi connectivity index (χ2n) is 3.05. The Morgan fingerprint density at radius 1 is 1.59 bits per heavy atom. The molecular weight excluding hydrogens is 250 g/mol. The largest absolute Gasteiger partial charge is 0.389 e. The van der Waals surface area contributed by atoms with Gasteiger partial charge in [0.05, 0.1) is 18.4 Å². The van der Waals surface area contributed by atoms with Crippen LogP contribution in [0.3, 0.4) is 0 Å². The zero-order chi connectivity index (χ0) is 12.7. The molecule has 0 aromatic carbocycles. The van der Waals surface area contributed by atoms with Crippen LogP contribution in [-0.2, 0) is 4.74 Å². The fraction of sp³-hybridized carbons (Fsp3) is 0.444. The molecule has 0 aliphatic heterocycles. The summed E-state index contributed by atoms with van der Waals surface area (Å²) in [6.07, 6.45) is -0.994. The maximum absolute atomic E-state index is 11.8. The van der Waals surface area contributed by atoms with Crippen LogP contribution in [0, 0.1) is 0 Å². The topological polar surface area (TPSA) is 73.1 Å². The minimum absolute atomic E-state index is 0.137. The van der Waals surface area contributed by atoms with Gasteiger partial charge in [-0.1, -0.05) is 12.2 Å². The normalized spacial score (nSPS) is 10.5. The Morgan fingerprint density at radius 3 is 3.00 bits per heavy atom. The Hall–Kier alpha value is -1.41. The molecule has 1 rings (SSSR count). The average Bonchev–Trinajstić information content (AvgIpc) is 2.28. The molecule has 0 atom stereocenters. The molecule has 0 saturated carbocycles. The number of alkyl halides is 2. The van der Waals surface area contributed by atoms with Crippen LogP contribution in [-0.4, -0.2) is 41.4 Å². The molecule has 0 amide bonds. The lowest BCUT2D eigenvalue weighted by Gasteiger charge is -2.09. The van der Waals surface area contributed by atoms with Crippen LogP contribution in [0.5, 0.6) is 0 Å². The molecule has 5 nitrogen and oxygen atoms in total. The molecular formula is C9H12F2N4OS. The summed E-state index contributed by atoms with van der Waals surface area (Å²) in [5.74, 6) is 0.417. The third-order valence-corrected chi connectivity index (χ3v) is 1.99. The zero-order valence-electron chi connectivity index (χ0n) is 8.90. The Labute approximate surface area is 102 Å². The minimum atomic E-state index is -2.46. The van der Waals surface area contributed by atoms with Crippen LogP contribution in [0.4, 0.5) is 14.6 Å². The summed E-state index contributed by atoms with van der Waals surface area (Å²) in [5, 5.41) is 10.3. The van der Waals surface area contributed by atoms with E-state index in [2.05, 4.69) is 15.5 Å². The molecule has 3 N–H and O–H groups in total. The predicted molar refractivity (Wildman–Crippen MR) is 63.2 cm³/mol. The number of nitrogens with one attached hydrogen (secondary N) is 1. The van der Waals surface area contributed by atoms with Gasteiger partial charge in [0.1, 0.15) is 11.6 Å². The molecule has 1 heterocycles. The smallest absolute Gasteiger partial charge is 0.261 e. The van der Waals surface area contributed by atoms with E-state index in [0.29, 0.717) is 17.9 Å². The molecule has 17 heavy (non-hydrogen) atoms. The summed E-state index contributed by atoms with van der Waals surface area (Å²) in [6, 6.07) is 1.62. The second-order valence-corrected chi connectivity index (χ2v) is 3.49. The number of ether oxygens (including phenoxy) is 1. The first-order chi connectivity index (χ1) is 8.11. The van der Waals surface area contributed by atoms with Gasteiger partial charge in [0.2, 0.25) is 0 Å². The fourth-order valence-electron chi connectivity index (χ4n) is 1.08. The third-order valence-electron chi connectivity index (χ3n) is 1.77. The van der Waals surface area contributed by atoms with Crippen LogP contribution in [0.1, 0.15) is 5.56 Å². The van der Waals surface area contributed by atoms with Crippen molar-refractivity contribution in [1.29, 1.82) is 0 Å². The van der Waals surface area contributed by atoms with Gasteiger partial charge in [0.25, 0.3) is 6.43 Å². The number of thiocarbonyl (C=S) groups is 1. The quantitative estimate of drug-likeness (QED) is 0.559. The van der Waals surface area contributed by atoms with Crippen molar-refractivity contribution >= 4 is 23.0 Å². The number of hydrogen-bond donors (Lipinski definition) is 2. The summed E-state index contributed by atoms with van der Waals surface area (Å²) in [5.41, 5.74) is 6.04. The highest BCUT2D eigenvalue weighted by Crippen LogP contribution is 2.09. The number of nitrogens with zero attached hydrogens (tertiary/aromatic N) is 2. The van der Waals surface area contributed by atoms with Crippen LogP contribution in [0.15, 0.2) is 12.3 Å². The number of nitrogens with two attached hydrogens (primary N) is 1. The highest BCUT2D eigenvalue weighted by Gasteiger charge is 2.06. The van der Waals surface area contributed by atoms with Crippen molar-refractivity contribution < 1.29 is 13.5 Å². The summed E-state index contributed by atoms with van der Waals surface area (Å²) in [7, 11) is 0. The van der Waals surface area contributed by atoms with Gasteiger partial charge in [-0.3, -0.25) is 0 Å². The van der Waals surface area contributed by atoms with Gasteiger partial charge in [-0.15, -0.1) is 5.10 Å². The lowest BCUT2D eigenvalue weighted by molar-refractivity contribution is 0.0214. The van der Waals surface area contributed by atoms with Crippen molar-refractivity contribution in [3.8, 4) is 0 Å². The van der Waals surface area contributed by atoms with E-state index in [1.807, 2.05) is 0 Å². The lowest BCUT2D eigenvalue weighted by atomic mass is 10.3. The Bertz CT molecular complexity index is 378. The molecule has 0 aliphatic rings. The van der Waals surface area contributed by atoms with Crippen molar-refractivity contribution in [3.63, 3.8) is 0 Å². The Balaban J connectivity index is 2.39. The van der Waals surface area contributed by atoms with E-state index >= 15 is 0 Å². The van der Waals surface area contributed by atoms with Crippen LogP contribution in [0.2, 0.25) is 0 Å². The number of halogens is 2. The van der Waals surface area contributed by atoms with E-state index in [1.54, 1.807) is 6.07 Å². The van der Waals surface area contributed by atoms with Gasteiger partial charge >= 0.3 is 0 Å². The van der Waals surface area contributed by atoms with Gasteiger partial charge in [-0.2, -0.15) is 5.10 Å². The lowest BCUT2D eigenvalue weighted by Crippen LogP contribution is -2.18. The van der Waals surface area contributed by atoms with Crippen LogP contribution in [0.25, 0.3) is 0 Å². The molecule has 0 aliphatic carbocycles. The number of anilines is 1. The van der Waals surface area contributed by atoms with Gasteiger partial charge in [-0.25, -0.2) is 8.78 Å². The SMILES string of the molecule is NC(=S)c1ccnnc1NCCOCC(F)F. The summed E-state index contributed by atoms with van der Waals surface area (Å²) >= 11 is 4.83. The molecule has 0 fully saturated rings. The Kier molecular flexibility index (Phi) is 5.64. The van der Waals surface area contributed by atoms with Crippen LogP contribution >= 0.6 is 12.2 Å². The molecule has 0 bridgehead atoms.